The van der Waals surface area contributed by atoms with Gasteiger partial charge < -0.3 is 15.0 Å². The van der Waals surface area contributed by atoms with Crippen LogP contribution < -0.4 is 15.4 Å². The van der Waals surface area contributed by atoms with Gasteiger partial charge in [0.05, 0.1) is 17.1 Å². The van der Waals surface area contributed by atoms with Crippen LogP contribution >= 0.6 is 0 Å². The van der Waals surface area contributed by atoms with Gasteiger partial charge in [0.25, 0.3) is 11.8 Å². The van der Waals surface area contributed by atoms with Gasteiger partial charge in [-0.1, -0.05) is 24.3 Å². The highest BCUT2D eigenvalue weighted by Gasteiger charge is 2.48. The molecule has 1 fully saturated rings. The molecule has 0 aromatic heterocycles. The summed E-state index contributed by atoms with van der Waals surface area (Å²) in [5.74, 6) is -6.62. The minimum Gasteiger partial charge on any atom is -0.490 e. The number of amides is 4. The molecule has 188 valence electrons. The van der Waals surface area contributed by atoms with Crippen molar-refractivity contribution < 1.29 is 32.7 Å². The van der Waals surface area contributed by atoms with Crippen LogP contribution in [0.5, 0.6) is 5.75 Å². The maximum atomic E-state index is 15.0. The largest absolute Gasteiger partial charge is 0.490 e. The third-order valence-electron chi connectivity index (χ3n) is 6.48. The summed E-state index contributed by atoms with van der Waals surface area (Å²) >= 11 is 0. The molecule has 4 amide bonds. The summed E-state index contributed by atoms with van der Waals surface area (Å²) in [6, 6.07) is 10.3. The van der Waals surface area contributed by atoms with Gasteiger partial charge in [0, 0.05) is 25.1 Å². The molecule has 0 unspecified atom stereocenters. The first kappa shape index (κ1) is 25.3. The first-order chi connectivity index (χ1) is 16.9. The molecular formula is C25H26BF2N3O5. The molecule has 8 nitrogen and oxygen atoms in total. The second-order valence-corrected chi connectivity index (χ2v) is 9.45. The number of para-hydroxylation sites is 1. The molecule has 0 bridgehead atoms. The number of rotatable bonds is 7. The first-order valence-electron chi connectivity index (χ1n) is 11.6. The summed E-state index contributed by atoms with van der Waals surface area (Å²) < 4.78 is 35.4. The molecule has 2 heterocycles. The van der Waals surface area contributed by atoms with E-state index in [1.54, 1.807) is 46.0 Å². The van der Waals surface area contributed by atoms with Gasteiger partial charge in [0.1, 0.15) is 13.6 Å². The zero-order valence-electron chi connectivity index (χ0n) is 20.2. The van der Waals surface area contributed by atoms with Crippen LogP contribution in [0.25, 0.3) is 0 Å². The minimum absolute atomic E-state index is 0.0641. The Labute approximate surface area is 207 Å². The molecule has 0 radical (unpaired) electrons. The summed E-state index contributed by atoms with van der Waals surface area (Å²) in [4.78, 5) is 50.9. The zero-order chi connectivity index (χ0) is 26.3. The fraction of sp³-hybridized carbons (Fsp3) is 0.360. The van der Waals surface area contributed by atoms with Crippen molar-refractivity contribution >= 4 is 31.5 Å². The fourth-order valence-electron chi connectivity index (χ4n) is 4.43. The van der Waals surface area contributed by atoms with Crippen LogP contribution in [0.4, 0.5) is 8.78 Å². The molecule has 1 saturated heterocycles. The van der Waals surface area contributed by atoms with Crippen LogP contribution in [0.1, 0.15) is 53.7 Å². The lowest BCUT2D eigenvalue weighted by Gasteiger charge is -2.39. The van der Waals surface area contributed by atoms with Crippen LogP contribution in [-0.4, -0.2) is 47.9 Å². The molecule has 0 saturated carbocycles. The highest BCUT2D eigenvalue weighted by molar-refractivity contribution is 6.32. The third kappa shape index (κ3) is 4.57. The fourth-order valence-corrected chi connectivity index (χ4v) is 4.43. The van der Waals surface area contributed by atoms with Crippen LogP contribution in [0, 0.1) is 0 Å². The molecule has 4 rings (SSSR count). The monoisotopic (exact) mass is 497 g/mol. The van der Waals surface area contributed by atoms with E-state index in [1.807, 2.05) is 0 Å². The van der Waals surface area contributed by atoms with Gasteiger partial charge >= 0.3 is 5.92 Å². The average molecular weight is 497 g/mol. The van der Waals surface area contributed by atoms with Crippen LogP contribution in [0.3, 0.4) is 0 Å². The lowest BCUT2D eigenvalue weighted by atomic mass is 9.70. The Morgan fingerprint density at radius 2 is 1.94 bits per heavy atom. The van der Waals surface area contributed by atoms with Crippen LogP contribution in [0.2, 0.25) is 0 Å². The second kappa shape index (κ2) is 9.36. The number of fused-ring (bicyclic) bond motifs is 1. The number of nitrogens with zero attached hydrogens (tertiary/aromatic N) is 1. The molecule has 2 aliphatic heterocycles. The summed E-state index contributed by atoms with van der Waals surface area (Å²) in [5.41, 5.74) is -0.177. The number of benzene rings is 2. The number of imide groups is 1. The molecule has 36 heavy (non-hydrogen) atoms. The predicted octanol–water partition coefficient (Wildman–Crippen LogP) is 1.60. The van der Waals surface area contributed by atoms with E-state index in [2.05, 4.69) is 10.6 Å². The zero-order valence-corrected chi connectivity index (χ0v) is 20.2. The van der Waals surface area contributed by atoms with Gasteiger partial charge in [-0.2, -0.15) is 8.78 Å². The maximum absolute atomic E-state index is 15.0. The quantitative estimate of drug-likeness (QED) is 0.447. The van der Waals surface area contributed by atoms with Gasteiger partial charge in [-0.25, -0.2) is 0 Å². The topological polar surface area (TPSA) is 105 Å². The summed E-state index contributed by atoms with van der Waals surface area (Å²) in [7, 11) is 1.61. The van der Waals surface area contributed by atoms with E-state index in [1.165, 1.54) is 17.0 Å². The Bertz CT molecular complexity index is 1250. The van der Waals surface area contributed by atoms with Gasteiger partial charge in [0.2, 0.25) is 11.8 Å². The second-order valence-electron chi connectivity index (χ2n) is 9.45. The Hall–Kier alpha value is -3.76. The molecule has 2 N–H and O–H groups in total. The SMILES string of the molecule is B[C@]1(N2Cc3cc(CNC(=O)C(F)(F)c4ccccc4OC(C)C)ccc3C2=O)CCC(=O)NC1=O. The number of piperidine rings is 1. The number of hydrogen-bond acceptors (Lipinski definition) is 5. The molecule has 0 aliphatic carbocycles. The van der Waals surface area contributed by atoms with Gasteiger partial charge in [0.15, 0.2) is 0 Å². The van der Waals surface area contributed by atoms with E-state index >= 15 is 0 Å². The summed E-state index contributed by atoms with van der Waals surface area (Å²) in [5, 5.41) is 4.55. The highest BCUT2D eigenvalue weighted by atomic mass is 19.3. The summed E-state index contributed by atoms with van der Waals surface area (Å²) in [6.07, 6.45) is -0.0162. The minimum atomic E-state index is -3.82. The molecule has 1 atom stereocenters. The first-order valence-corrected chi connectivity index (χ1v) is 11.6. The molecule has 2 aromatic rings. The Morgan fingerprint density at radius 1 is 1.22 bits per heavy atom. The van der Waals surface area contributed by atoms with E-state index in [4.69, 9.17) is 4.74 Å². The standard InChI is InChI=1S/C25H26BF2N3O5/c1-14(2)36-19-6-4-3-5-18(19)25(27,28)23(35)29-12-15-7-8-17-16(11-15)13-31(21(17)33)24(26)10-9-20(32)30-22(24)34/h3-8,11,14H,9-10,12-13,26H2,1-2H3,(H,29,35)(H,30,32,34)/t24-/m0/s1. The molecule has 2 aromatic carbocycles. The molecule has 11 heteroatoms. The Kier molecular flexibility index (Phi) is 6.59. The van der Waals surface area contributed by atoms with Crippen molar-refractivity contribution in [1.82, 2.24) is 15.5 Å². The van der Waals surface area contributed by atoms with Gasteiger partial charge in [-0.3, -0.25) is 24.5 Å². The third-order valence-corrected chi connectivity index (χ3v) is 6.48. The molecule has 2 aliphatic rings. The number of ether oxygens (including phenoxy) is 1. The number of nitrogens with one attached hydrogen (secondary N) is 2. The van der Waals surface area contributed by atoms with E-state index in [0.29, 0.717) is 16.7 Å². The van der Waals surface area contributed by atoms with Crippen molar-refractivity contribution in [3.05, 3.63) is 64.7 Å². The number of carbonyl (C=O) groups excluding carboxylic acids is 4. The highest BCUT2D eigenvalue weighted by Crippen LogP contribution is 2.36. The van der Waals surface area contributed by atoms with Crippen molar-refractivity contribution in [2.24, 2.45) is 0 Å². The number of carbonyl (C=O) groups is 4. The van der Waals surface area contributed by atoms with E-state index in [0.717, 1.165) is 6.07 Å². The van der Waals surface area contributed by atoms with Crippen molar-refractivity contribution in [2.75, 3.05) is 0 Å². The van der Waals surface area contributed by atoms with Crippen molar-refractivity contribution in [2.45, 2.75) is 57.2 Å². The van der Waals surface area contributed by atoms with Gasteiger partial charge in [-0.15, -0.1) is 0 Å². The van der Waals surface area contributed by atoms with Crippen molar-refractivity contribution in [1.29, 1.82) is 0 Å². The van der Waals surface area contributed by atoms with Crippen LogP contribution in [0.15, 0.2) is 42.5 Å². The maximum Gasteiger partial charge on any atom is 0.353 e. The van der Waals surface area contributed by atoms with Crippen molar-refractivity contribution in [3.63, 3.8) is 0 Å². The lowest BCUT2D eigenvalue weighted by molar-refractivity contribution is -0.147. The van der Waals surface area contributed by atoms with E-state index in [9.17, 15) is 28.0 Å². The van der Waals surface area contributed by atoms with E-state index < -0.39 is 28.7 Å². The number of halogens is 2. The lowest BCUT2D eigenvalue weighted by Crippen LogP contribution is -2.63. The van der Waals surface area contributed by atoms with Gasteiger partial charge in [-0.05, 0) is 49.6 Å². The number of hydrogen-bond donors (Lipinski definition) is 2. The molecular weight excluding hydrogens is 471 g/mol. The number of alkyl halides is 2. The van der Waals surface area contributed by atoms with Crippen LogP contribution in [-0.2, 0) is 33.4 Å². The Balaban J connectivity index is 1.47. The average Bonchev–Trinajstić information content (AvgIpc) is 3.16. The molecule has 0 spiro atoms. The Morgan fingerprint density at radius 3 is 2.64 bits per heavy atom. The predicted molar refractivity (Wildman–Crippen MR) is 128 cm³/mol. The normalized spacial score (nSPS) is 19.8. The van der Waals surface area contributed by atoms with Crippen molar-refractivity contribution in [3.8, 4) is 5.75 Å². The summed E-state index contributed by atoms with van der Waals surface area (Å²) in [6.45, 7) is 3.35. The smallest absolute Gasteiger partial charge is 0.353 e. The van der Waals surface area contributed by atoms with E-state index in [-0.39, 0.29) is 49.6 Å².